The maximum absolute atomic E-state index is 12.1. The first-order valence-electron chi connectivity index (χ1n) is 5.78. The zero-order valence-electron chi connectivity index (χ0n) is 8.70. The molecule has 2 atom stereocenters. The standard InChI is InChI=1S/C11H18N2O/c1-7-2-8(3-7)11(14)13-6-9-4-10(13)5-12-9/h7-10,12H,2-6H2,1H3. The second-order valence-corrected chi connectivity index (χ2v) is 5.26. The number of amides is 1. The Labute approximate surface area is 84.8 Å². The van der Waals surface area contributed by atoms with Crippen LogP contribution in [0.25, 0.3) is 0 Å². The third-order valence-electron chi connectivity index (χ3n) is 4.06. The fourth-order valence-corrected chi connectivity index (χ4v) is 3.17. The topological polar surface area (TPSA) is 32.3 Å². The lowest BCUT2D eigenvalue weighted by atomic mass is 9.75. The van der Waals surface area contributed by atoms with Crippen LogP contribution in [0.5, 0.6) is 0 Å². The molecule has 2 aliphatic heterocycles. The van der Waals surface area contributed by atoms with E-state index in [-0.39, 0.29) is 0 Å². The molecule has 2 saturated heterocycles. The average molecular weight is 194 g/mol. The Kier molecular flexibility index (Phi) is 1.84. The molecule has 1 aliphatic carbocycles. The van der Waals surface area contributed by atoms with E-state index in [2.05, 4.69) is 17.1 Å². The molecule has 1 amide bonds. The molecule has 1 saturated carbocycles. The predicted octanol–water partition coefficient (Wildman–Crippen LogP) is 0.605. The number of piperazine rings is 1. The minimum absolute atomic E-state index is 0.365. The second-order valence-electron chi connectivity index (χ2n) is 5.26. The van der Waals surface area contributed by atoms with Gasteiger partial charge in [0.25, 0.3) is 0 Å². The summed E-state index contributed by atoms with van der Waals surface area (Å²) in [6.45, 7) is 4.23. The van der Waals surface area contributed by atoms with E-state index in [9.17, 15) is 4.79 Å². The van der Waals surface area contributed by atoms with Crippen LogP contribution in [0, 0.1) is 11.8 Å². The van der Waals surface area contributed by atoms with Gasteiger partial charge in [0.1, 0.15) is 0 Å². The molecule has 2 heterocycles. The normalized spacial score (nSPS) is 45.4. The van der Waals surface area contributed by atoms with Gasteiger partial charge in [-0.2, -0.15) is 0 Å². The number of carbonyl (C=O) groups is 1. The Morgan fingerprint density at radius 2 is 2.14 bits per heavy atom. The van der Waals surface area contributed by atoms with Crippen molar-refractivity contribution in [2.24, 2.45) is 11.8 Å². The maximum atomic E-state index is 12.1. The third kappa shape index (κ3) is 1.18. The first-order valence-corrected chi connectivity index (χ1v) is 5.78. The summed E-state index contributed by atoms with van der Waals surface area (Å²) in [5.74, 6) is 1.59. The summed E-state index contributed by atoms with van der Waals surface area (Å²) in [6.07, 6.45) is 3.44. The summed E-state index contributed by atoms with van der Waals surface area (Å²) < 4.78 is 0. The van der Waals surface area contributed by atoms with Crippen LogP contribution in [0.2, 0.25) is 0 Å². The molecule has 0 radical (unpaired) electrons. The SMILES string of the molecule is CC1CC(C(=O)N2CC3CC2CN3)C1. The zero-order valence-corrected chi connectivity index (χ0v) is 8.70. The number of carbonyl (C=O) groups excluding carboxylic acids is 1. The van der Waals surface area contributed by atoms with Crippen molar-refractivity contribution in [3.8, 4) is 0 Å². The summed E-state index contributed by atoms with van der Waals surface area (Å²) in [5, 5.41) is 3.43. The van der Waals surface area contributed by atoms with Gasteiger partial charge in [0.15, 0.2) is 0 Å². The highest BCUT2D eigenvalue weighted by Crippen LogP contribution is 2.36. The number of nitrogens with zero attached hydrogens (tertiary/aromatic N) is 1. The average Bonchev–Trinajstić information content (AvgIpc) is 2.72. The fourth-order valence-electron chi connectivity index (χ4n) is 3.17. The molecule has 0 spiro atoms. The molecule has 3 fully saturated rings. The molecule has 0 aromatic heterocycles. The van der Waals surface area contributed by atoms with E-state index in [0.717, 1.165) is 31.8 Å². The van der Waals surface area contributed by atoms with Crippen molar-refractivity contribution in [2.45, 2.75) is 38.3 Å². The van der Waals surface area contributed by atoms with E-state index in [0.29, 0.717) is 23.9 Å². The number of rotatable bonds is 1. The van der Waals surface area contributed by atoms with Crippen LogP contribution in [-0.4, -0.2) is 36.0 Å². The summed E-state index contributed by atoms with van der Waals surface area (Å²) in [4.78, 5) is 14.2. The van der Waals surface area contributed by atoms with Crippen LogP contribution in [-0.2, 0) is 4.79 Å². The Hall–Kier alpha value is -0.570. The summed E-state index contributed by atoms with van der Waals surface area (Å²) in [7, 11) is 0. The molecule has 78 valence electrons. The van der Waals surface area contributed by atoms with Gasteiger partial charge in [-0.1, -0.05) is 6.92 Å². The van der Waals surface area contributed by atoms with Gasteiger partial charge in [-0.05, 0) is 25.2 Å². The first-order chi connectivity index (χ1) is 6.74. The molecule has 14 heavy (non-hydrogen) atoms. The number of nitrogens with one attached hydrogen (secondary N) is 1. The maximum Gasteiger partial charge on any atom is 0.226 e. The third-order valence-corrected chi connectivity index (χ3v) is 4.06. The van der Waals surface area contributed by atoms with E-state index < -0.39 is 0 Å². The van der Waals surface area contributed by atoms with Crippen molar-refractivity contribution in [1.82, 2.24) is 10.2 Å². The highest BCUT2D eigenvalue weighted by atomic mass is 16.2. The highest BCUT2D eigenvalue weighted by Gasteiger charge is 2.44. The van der Waals surface area contributed by atoms with Gasteiger partial charge in [-0.15, -0.1) is 0 Å². The quantitative estimate of drug-likeness (QED) is 0.663. The van der Waals surface area contributed by atoms with Crippen LogP contribution >= 0.6 is 0 Å². The Balaban J connectivity index is 1.63. The molecule has 1 N–H and O–H groups in total. The number of fused-ring (bicyclic) bond motifs is 2. The largest absolute Gasteiger partial charge is 0.337 e. The van der Waals surface area contributed by atoms with E-state index in [1.165, 1.54) is 6.42 Å². The molecule has 2 unspecified atom stereocenters. The highest BCUT2D eigenvalue weighted by molar-refractivity contribution is 5.80. The van der Waals surface area contributed by atoms with Gasteiger partial charge < -0.3 is 10.2 Å². The van der Waals surface area contributed by atoms with Gasteiger partial charge in [0.2, 0.25) is 5.91 Å². The van der Waals surface area contributed by atoms with E-state index in [4.69, 9.17) is 0 Å². The van der Waals surface area contributed by atoms with E-state index in [1.807, 2.05) is 0 Å². The Morgan fingerprint density at radius 3 is 2.64 bits per heavy atom. The Bertz CT molecular complexity index is 260. The van der Waals surface area contributed by atoms with E-state index >= 15 is 0 Å². The first kappa shape index (κ1) is 8.72. The summed E-state index contributed by atoms with van der Waals surface area (Å²) in [5.41, 5.74) is 0. The molecule has 3 rings (SSSR count). The lowest BCUT2D eigenvalue weighted by Gasteiger charge is -2.37. The van der Waals surface area contributed by atoms with E-state index in [1.54, 1.807) is 0 Å². The van der Waals surface area contributed by atoms with Crippen LogP contribution in [0.1, 0.15) is 26.2 Å². The molecule has 0 aromatic carbocycles. The van der Waals surface area contributed by atoms with Crippen molar-refractivity contribution < 1.29 is 4.79 Å². The minimum Gasteiger partial charge on any atom is -0.337 e. The molecule has 2 bridgehead atoms. The predicted molar refractivity (Wildman–Crippen MR) is 53.8 cm³/mol. The van der Waals surface area contributed by atoms with Crippen molar-refractivity contribution in [1.29, 1.82) is 0 Å². The monoisotopic (exact) mass is 194 g/mol. The summed E-state index contributed by atoms with van der Waals surface area (Å²) in [6, 6.07) is 1.12. The molecular weight excluding hydrogens is 176 g/mol. The van der Waals surface area contributed by atoms with Gasteiger partial charge in [0.05, 0.1) is 0 Å². The molecule has 3 aliphatic rings. The van der Waals surface area contributed by atoms with Crippen LogP contribution in [0.15, 0.2) is 0 Å². The molecule has 3 nitrogen and oxygen atoms in total. The second kappa shape index (κ2) is 2.96. The molecular formula is C11H18N2O. The van der Waals surface area contributed by atoms with Gasteiger partial charge in [-0.25, -0.2) is 0 Å². The number of hydrogen-bond donors (Lipinski definition) is 1. The summed E-state index contributed by atoms with van der Waals surface area (Å²) >= 11 is 0. The van der Waals surface area contributed by atoms with Gasteiger partial charge in [0, 0.05) is 31.1 Å². The lowest BCUT2D eigenvalue weighted by Crippen LogP contribution is -2.50. The number of likely N-dealkylation sites (tertiary alicyclic amines) is 1. The van der Waals surface area contributed by atoms with Crippen molar-refractivity contribution >= 4 is 5.91 Å². The van der Waals surface area contributed by atoms with Gasteiger partial charge in [-0.3, -0.25) is 4.79 Å². The molecule has 0 aromatic rings. The smallest absolute Gasteiger partial charge is 0.226 e. The Morgan fingerprint density at radius 1 is 1.36 bits per heavy atom. The van der Waals surface area contributed by atoms with Crippen LogP contribution in [0.3, 0.4) is 0 Å². The number of hydrogen-bond acceptors (Lipinski definition) is 2. The fraction of sp³-hybridized carbons (Fsp3) is 0.909. The van der Waals surface area contributed by atoms with Crippen molar-refractivity contribution in [3.63, 3.8) is 0 Å². The zero-order chi connectivity index (χ0) is 9.71. The lowest BCUT2D eigenvalue weighted by molar-refractivity contribution is -0.141. The minimum atomic E-state index is 0.365. The van der Waals surface area contributed by atoms with Crippen LogP contribution < -0.4 is 5.32 Å². The van der Waals surface area contributed by atoms with Crippen molar-refractivity contribution in [3.05, 3.63) is 0 Å². The van der Waals surface area contributed by atoms with Gasteiger partial charge >= 0.3 is 0 Å². The molecule has 3 heteroatoms. The van der Waals surface area contributed by atoms with Crippen molar-refractivity contribution in [2.75, 3.05) is 13.1 Å². The van der Waals surface area contributed by atoms with Crippen LogP contribution in [0.4, 0.5) is 0 Å².